The van der Waals surface area contributed by atoms with Crippen LogP contribution in [0.2, 0.25) is 0 Å². The minimum absolute atomic E-state index is 0.353. The molecule has 3 N–H and O–H groups in total. The summed E-state index contributed by atoms with van der Waals surface area (Å²) in [5, 5.41) is 22.2. The third kappa shape index (κ3) is 2.38. The third-order valence-corrected chi connectivity index (χ3v) is 4.20. The number of imidazole rings is 1. The molecule has 2 aromatic rings. The number of aliphatic hydroxyl groups is 2. The van der Waals surface area contributed by atoms with Crippen molar-refractivity contribution in [2.75, 3.05) is 38.0 Å². The van der Waals surface area contributed by atoms with Crippen LogP contribution in [0.3, 0.4) is 0 Å². The van der Waals surface area contributed by atoms with Gasteiger partial charge >= 0.3 is 0 Å². The first-order valence-corrected chi connectivity index (χ1v) is 7.54. The highest BCUT2D eigenvalue weighted by Crippen LogP contribution is 2.42. The molecule has 3 heterocycles. The van der Waals surface area contributed by atoms with Crippen molar-refractivity contribution in [2.24, 2.45) is 0 Å². The van der Waals surface area contributed by atoms with Crippen molar-refractivity contribution in [3.8, 4) is 0 Å². The number of fused-ring (bicyclic) bond motifs is 1. The molecular weight excluding hydrogens is 319 g/mol. The first-order valence-electron chi connectivity index (χ1n) is 7.54. The summed E-state index contributed by atoms with van der Waals surface area (Å²) in [6, 6.07) is 0. The monoisotopic (exact) mass is 340 g/mol. The highest BCUT2D eigenvalue weighted by molar-refractivity contribution is 5.84. The SMILES string of the molecule is CNc1nc(N(C)C)c2ncn([C@@H]3O[C@H](CO)[C@@H](O)[C@@]3(C)F)c2n1. The van der Waals surface area contributed by atoms with E-state index in [0.717, 1.165) is 0 Å². The molecule has 4 atom stereocenters. The second-order valence-electron chi connectivity index (χ2n) is 6.14. The van der Waals surface area contributed by atoms with Gasteiger partial charge in [-0.15, -0.1) is 0 Å². The Bertz CT molecular complexity index is 749. The lowest BCUT2D eigenvalue weighted by Crippen LogP contribution is -2.40. The second-order valence-corrected chi connectivity index (χ2v) is 6.14. The van der Waals surface area contributed by atoms with Gasteiger partial charge in [0.2, 0.25) is 5.95 Å². The molecule has 0 aromatic carbocycles. The number of nitrogens with one attached hydrogen (secondary N) is 1. The molecule has 1 saturated heterocycles. The van der Waals surface area contributed by atoms with E-state index in [2.05, 4.69) is 20.3 Å². The number of aromatic nitrogens is 4. The zero-order valence-electron chi connectivity index (χ0n) is 13.9. The van der Waals surface area contributed by atoms with Gasteiger partial charge in [-0.2, -0.15) is 9.97 Å². The number of rotatable bonds is 4. The minimum atomic E-state index is -2.11. The second kappa shape index (κ2) is 5.80. The zero-order valence-corrected chi connectivity index (χ0v) is 13.9. The lowest BCUT2D eigenvalue weighted by molar-refractivity contribution is -0.0566. The van der Waals surface area contributed by atoms with Gasteiger partial charge < -0.3 is 25.2 Å². The van der Waals surface area contributed by atoms with E-state index in [-0.39, 0.29) is 0 Å². The average molecular weight is 340 g/mol. The van der Waals surface area contributed by atoms with Crippen LogP contribution in [0.25, 0.3) is 11.2 Å². The molecule has 0 amide bonds. The number of anilines is 2. The molecule has 1 aliphatic heterocycles. The minimum Gasteiger partial charge on any atom is -0.394 e. The molecule has 0 bridgehead atoms. The summed E-state index contributed by atoms with van der Waals surface area (Å²) >= 11 is 0. The van der Waals surface area contributed by atoms with Crippen LogP contribution in [-0.4, -0.2) is 75.4 Å². The van der Waals surface area contributed by atoms with Gasteiger partial charge in [-0.3, -0.25) is 4.57 Å². The van der Waals surface area contributed by atoms with Gasteiger partial charge in [-0.1, -0.05) is 0 Å². The van der Waals surface area contributed by atoms with Crippen LogP contribution in [0, 0.1) is 0 Å². The number of hydrogen-bond donors (Lipinski definition) is 3. The summed E-state index contributed by atoms with van der Waals surface area (Å²) in [4.78, 5) is 14.7. The Balaban J connectivity index is 2.16. The van der Waals surface area contributed by atoms with Crippen LogP contribution < -0.4 is 10.2 Å². The number of ether oxygens (including phenoxy) is 1. The maximum Gasteiger partial charge on any atom is 0.226 e. The van der Waals surface area contributed by atoms with Crippen molar-refractivity contribution in [3.63, 3.8) is 0 Å². The fourth-order valence-electron chi connectivity index (χ4n) is 2.86. The Labute approximate surface area is 138 Å². The summed E-state index contributed by atoms with van der Waals surface area (Å²) in [5.41, 5.74) is -1.25. The van der Waals surface area contributed by atoms with Crippen LogP contribution in [0.15, 0.2) is 6.33 Å². The van der Waals surface area contributed by atoms with Crippen molar-refractivity contribution >= 4 is 22.9 Å². The van der Waals surface area contributed by atoms with Crippen molar-refractivity contribution in [1.29, 1.82) is 0 Å². The molecule has 9 nitrogen and oxygen atoms in total. The predicted molar refractivity (Wildman–Crippen MR) is 85.7 cm³/mol. The highest BCUT2D eigenvalue weighted by atomic mass is 19.1. The van der Waals surface area contributed by atoms with Gasteiger partial charge in [0.1, 0.15) is 12.2 Å². The molecule has 1 aliphatic rings. The quantitative estimate of drug-likeness (QED) is 0.709. The van der Waals surface area contributed by atoms with E-state index >= 15 is 4.39 Å². The molecule has 0 unspecified atom stereocenters. The average Bonchev–Trinajstić information content (AvgIpc) is 3.06. The molecule has 1 fully saturated rings. The normalized spacial score (nSPS) is 30.0. The van der Waals surface area contributed by atoms with E-state index < -0.39 is 30.7 Å². The van der Waals surface area contributed by atoms with E-state index in [4.69, 9.17) is 4.74 Å². The molecule has 0 aliphatic carbocycles. The van der Waals surface area contributed by atoms with Crippen LogP contribution in [0.1, 0.15) is 13.2 Å². The molecule has 0 saturated carbocycles. The Hall–Kier alpha value is -2.04. The van der Waals surface area contributed by atoms with Gasteiger partial charge in [0.15, 0.2) is 28.9 Å². The van der Waals surface area contributed by atoms with E-state index in [0.29, 0.717) is 22.9 Å². The van der Waals surface area contributed by atoms with Gasteiger partial charge in [0.25, 0.3) is 0 Å². The third-order valence-electron chi connectivity index (χ3n) is 4.20. The molecule has 0 spiro atoms. The fraction of sp³-hybridized carbons (Fsp3) is 0.643. The maximum absolute atomic E-state index is 15.0. The van der Waals surface area contributed by atoms with Crippen LogP contribution in [0.5, 0.6) is 0 Å². The number of nitrogens with zero attached hydrogens (tertiary/aromatic N) is 5. The summed E-state index contributed by atoms with van der Waals surface area (Å²) in [7, 11) is 5.31. The molecule has 3 rings (SSSR count). The zero-order chi connectivity index (χ0) is 17.6. The van der Waals surface area contributed by atoms with Crippen molar-refractivity contribution in [3.05, 3.63) is 6.33 Å². The van der Waals surface area contributed by atoms with Gasteiger partial charge in [0.05, 0.1) is 12.9 Å². The van der Waals surface area contributed by atoms with Crippen molar-refractivity contribution < 1.29 is 19.3 Å². The Morgan fingerprint density at radius 2 is 2.17 bits per heavy atom. The summed E-state index contributed by atoms with van der Waals surface area (Å²) < 4.78 is 22.0. The number of alkyl halides is 1. The lowest BCUT2D eigenvalue weighted by atomic mass is 9.98. The Morgan fingerprint density at radius 3 is 2.71 bits per heavy atom. The first kappa shape index (κ1) is 16.8. The van der Waals surface area contributed by atoms with Crippen molar-refractivity contribution in [1.82, 2.24) is 19.5 Å². The van der Waals surface area contributed by atoms with Crippen molar-refractivity contribution in [2.45, 2.75) is 31.0 Å². The summed E-state index contributed by atoms with van der Waals surface area (Å²) in [6.07, 6.45) is -2.23. The summed E-state index contributed by atoms with van der Waals surface area (Å²) in [6.45, 7) is 0.750. The van der Waals surface area contributed by atoms with E-state index in [1.54, 1.807) is 11.9 Å². The Morgan fingerprint density at radius 1 is 1.46 bits per heavy atom. The van der Waals surface area contributed by atoms with Gasteiger partial charge in [0, 0.05) is 21.1 Å². The standard InChI is InChI=1S/C14H21FN6O3/c1-14(15)9(23)7(5-22)24-12(14)21-6-17-8-10(20(3)4)18-13(16-2)19-11(8)21/h6-7,9,12,22-23H,5H2,1-4H3,(H,16,18,19)/t7-,9-,12-,14-/m1/s1. The highest BCUT2D eigenvalue weighted by Gasteiger charge is 2.55. The summed E-state index contributed by atoms with van der Waals surface area (Å²) in [5.74, 6) is 0.923. The number of hydrogen-bond acceptors (Lipinski definition) is 8. The molecule has 0 radical (unpaired) electrons. The van der Waals surface area contributed by atoms with E-state index in [1.165, 1.54) is 17.8 Å². The molecule has 10 heteroatoms. The van der Waals surface area contributed by atoms with Crippen LogP contribution >= 0.6 is 0 Å². The van der Waals surface area contributed by atoms with E-state index in [1.807, 2.05) is 14.1 Å². The topological polar surface area (TPSA) is 109 Å². The fourth-order valence-corrected chi connectivity index (χ4v) is 2.86. The number of halogens is 1. The molecular formula is C14H21FN6O3. The van der Waals surface area contributed by atoms with Crippen LogP contribution in [0.4, 0.5) is 16.2 Å². The predicted octanol–water partition coefficient (Wildman–Crippen LogP) is -0.0872. The maximum atomic E-state index is 15.0. The lowest BCUT2D eigenvalue weighted by Gasteiger charge is -2.24. The number of aliphatic hydroxyl groups excluding tert-OH is 2. The van der Waals surface area contributed by atoms with Gasteiger partial charge in [-0.25, -0.2) is 9.37 Å². The first-order chi connectivity index (χ1) is 11.3. The van der Waals surface area contributed by atoms with E-state index in [9.17, 15) is 10.2 Å². The van der Waals surface area contributed by atoms with Gasteiger partial charge in [-0.05, 0) is 6.92 Å². The Kier molecular flexibility index (Phi) is 4.06. The van der Waals surface area contributed by atoms with Crippen LogP contribution in [-0.2, 0) is 4.74 Å². The molecule has 24 heavy (non-hydrogen) atoms. The smallest absolute Gasteiger partial charge is 0.226 e. The largest absolute Gasteiger partial charge is 0.394 e. The molecule has 2 aromatic heterocycles. The molecule has 132 valence electrons.